The molecule has 10 heteroatoms. The lowest BCUT2D eigenvalue weighted by molar-refractivity contribution is -0.384. The molecule has 0 unspecified atom stereocenters. The fourth-order valence-electron chi connectivity index (χ4n) is 2.41. The standard InChI is InChI=1S/C20H16F3NO5S/c1-3-14-5-4-13(9-19(25)28-2)8-18(14)29-17-7-6-16(24(26)27)10-15(17)11-30-12-20(21,22)23/h1,4-8,10H,9,11-12H2,2H3. The Morgan fingerprint density at radius 3 is 2.57 bits per heavy atom. The number of halogens is 3. The summed E-state index contributed by atoms with van der Waals surface area (Å²) in [5.41, 5.74) is 0.822. The zero-order valence-electron chi connectivity index (χ0n) is 15.7. The number of rotatable bonds is 8. The van der Waals surface area contributed by atoms with E-state index >= 15 is 0 Å². The lowest BCUT2D eigenvalue weighted by Crippen LogP contribution is -2.11. The van der Waals surface area contributed by atoms with Crippen molar-refractivity contribution in [1.82, 2.24) is 0 Å². The maximum absolute atomic E-state index is 12.5. The topological polar surface area (TPSA) is 78.7 Å². The molecule has 2 aromatic carbocycles. The lowest BCUT2D eigenvalue weighted by atomic mass is 10.1. The molecule has 30 heavy (non-hydrogen) atoms. The van der Waals surface area contributed by atoms with E-state index in [0.29, 0.717) is 22.9 Å². The van der Waals surface area contributed by atoms with E-state index in [0.717, 1.165) is 6.07 Å². The number of hydrogen-bond donors (Lipinski definition) is 0. The van der Waals surface area contributed by atoms with Gasteiger partial charge in [0, 0.05) is 23.4 Å². The number of carbonyl (C=O) groups excluding carboxylic acids is 1. The highest BCUT2D eigenvalue weighted by molar-refractivity contribution is 7.98. The van der Waals surface area contributed by atoms with Gasteiger partial charge in [0.05, 0.1) is 29.8 Å². The Kier molecular flexibility index (Phi) is 7.72. The number of nitro benzene ring substituents is 1. The van der Waals surface area contributed by atoms with Gasteiger partial charge in [-0.25, -0.2) is 0 Å². The first-order chi connectivity index (χ1) is 14.1. The van der Waals surface area contributed by atoms with Crippen molar-refractivity contribution in [3.8, 4) is 23.8 Å². The van der Waals surface area contributed by atoms with Crippen LogP contribution in [-0.4, -0.2) is 29.9 Å². The molecule has 0 bridgehead atoms. The number of esters is 1. The lowest BCUT2D eigenvalue weighted by Gasteiger charge is -2.14. The number of thioether (sulfide) groups is 1. The summed E-state index contributed by atoms with van der Waals surface area (Å²) in [6, 6.07) is 8.33. The van der Waals surface area contributed by atoms with E-state index in [1.54, 1.807) is 12.1 Å². The highest BCUT2D eigenvalue weighted by atomic mass is 32.2. The van der Waals surface area contributed by atoms with Crippen LogP contribution in [0.4, 0.5) is 18.9 Å². The Balaban J connectivity index is 2.36. The summed E-state index contributed by atoms with van der Waals surface area (Å²) in [7, 11) is 1.25. The predicted molar refractivity (Wildman–Crippen MR) is 105 cm³/mol. The van der Waals surface area contributed by atoms with Crippen molar-refractivity contribution in [3.05, 3.63) is 63.2 Å². The van der Waals surface area contributed by atoms with E-state index in [4.69, 9.17) is 11.2 Å². The maximum atomic E-state index is 12.5. The summed E-state index contributed by atoms with van der Waals surface area (Å²) in [5.74, 6) is 0.983. The summed E-state index contributed by atoms with van der Waals surface area (Å²) in [6.45, 7) is 0. The monoisotopic (exact) mass is 439 g/mol. The van der Waals surface area contributed by atoms with E-state index in [9.17, 15) is 28.1 Å². The van der Waals surface area contributed by atoms with Crippen LogP contribution in [0.2, 0.25) is 0 Å². The Labute approximate surface area is 174 Å². The number of hydrogen-bond acceptors (Lipinski definition) is 6. The molecular formula is C20H16F3NO5S. The van der Waals surface area contributed by atoms with Gasteiger partial charge in [-0.3, -0.25) is 14.9 Å². The Hall–Kier alpha value is -3.19. The molecule has 0 aliphatic rings. The summed E-state index contributed by atoms with van der Waals surface area (Å²) >= 11 is 0.554. The first-order valence-electron chi connectivity index (χ1n) is 8.39. The van der Waals surface area contributed by atoms with Gasteiger partial charge in [0.1, 0.15) is 11.5 Å². The van der Waals surface area contributed by atoms with Gasteiger partial charge in [0.15, 0.2) is 0 Å². The molecule has 0 heterocycles. The van der Waals surface area contributed by atoms with E-state index in [1.165, 1.54) is 25.3 Å². The number of benzene rings is 2. The number of methoxy groups -OCH3 is 1. The highest BCUT2D eigenvalue weighted by Crippen LogP contribution is 2.34. The van der Waals surface area contributed by atoms with Gasteiger partial charge in [0.2, 0.25) is 0 Å². The van der Waals surface area contributed by atoms with Gasteiger partial charge < -0.3 is 9.47 Å². The number of alkyl halides is 3. The van der Waals surface area contributed by atoms with Crippen LogP contribution < -0.4 is 4.74 Å². The summed E-state index contributed by atoms with van der Waals surface area (Å²) in [6.07, 6.45) is 1.07. The molecule has 2 rings (SSSR count). The SMILES string of the molecule is C#Cc1ccc(CC(=O)OC)cc1Oc1ccc([N+](=O)[O-])cc1CSCC(F)(F)F. The summed E-state index contributed by atoms with van der Waals surface area (Å²) < 4.78 is 47.8. The van der Waals surface area contributed by atoms with Gasteiger partial charge in [-0.05, 0) is 23.8 Å². The quantitative estimate of drug-likeness (QED) is 0.253. The van der Waals surface area contributed by atoms with Gasteiger partial charge in [-0.2, -0.15) is 13.2 Å². The molecule has 0 aliphatic carbocycles. The number of terminal acetylenes is 1. The van der Waals surface area contributed by atoms with E-state index in [-0.39, 0.29) is 34.9 Å². The second-order valence-electron chi connectivity index (χ2n) is 5.99. The first-order valence-corrected chi connectivity index (χ1v) is 9.54. The highest BCUT2D eigenvalue weighted by Gasteiger charge is 2.27. The van der Waals surface area contributed by atoms with Crippen LogP contribution in [0.1, 0.15) is 16.7 Å². The molecule has 158 valence electrons. The smallest absolute Gasteiger partial charge is 0.397 e. The molecule has 0 N–H and O–H groups in total. The largest absolute Gasteiger partial charge is 0.469 e. The minimum Gasteiger partial charge on any atom is -0.469 e. The van der Waals surface area contributed by atoms with Crippen molar-refractivity contribution in [2.45, 2.75) is 18.3 Å². The first kappa shape index (κ1) is 23.1. The normalized spacial score (nSPS) is 10.9. The van der Waals surface area contributed by atoms with Crippen LogP contribution in [0.25, 0.3) is 0 Å². The fourth-order valence-corrected chi connectivity index (χ4v) is 3.19. The van der Waals surface area contributed by atoms with Gasteiger partial charge in [-0.1, -0.05) is 12.0 Å². The zero-order chi connectivity index (χ0) is 22.3. The number of carbonyl (C=O) groups is 1. The fraction of sp³-hybridized carbons (Fsp3) is 0.250. The van der Waals surface area contributed by atoms with Crippen LogP contribution in [0.5, 0.6) is 11.5 Å². The molecular weight excluding hydrogens is 423 g/mol. The summed E-state index contributed by atoms with van der Waals surface area (Å²) in [4.78, 5) is 21.9. The van der Waals surface area contributed by atoms with Crippen LogP contribution in [-0.2, 0) is 21.7 Å². The third-order valence-corrected chi connectivity index (χ3v) is 4.82. The molecule has 0 saturated heterocycles. The van der Waals surface area contributed by atoms with Crippen molar-refractivity contribution >= 4 is 23.4 Å². The molecule has 0 atom stereocenters. The van der Waals surface area contributed by atoms with Crippen molar-refractivity contribution in [2.75, 3.05) is 12.9 Å². The van der Waals surface area contributed by atoms with Gasteiger partial charge >= 0.3 is 12.1 Å². The Bertz CT molecular complexity index is 985. The average molecular weight is 439 g/mol. The van der Waals surface area contributed by atoms with Crippen molar-refractivity contribution in [2.24, 2.45) is 0 Å². The van der Waals surface area contributed by atoms with Gasteiger partial charge in [-0.15, -0.1) is 18.2 Å². The molecule has 0 spiro atoms. The Morgan fingerprint density at radius 2 is 1.97 bits per heavy atom. The summed E-state index contributed by atoms with van der Waals surface area (Å²) in [5, 5.41) is 11.0. The van der Waals surface area contributed by atoms with E-state index in [1.807, 2.05) is 0 Å². The molecule has 0 fully saturated rings. The maximum Gasteiger partial charge on any atom is 0.397 e. The van der Waals surface area contributed by atoms with Crippen LogP contribution in [0.3, 0.4) is 0 Å². The van der Waals surface area contributed by atoms with Crippen molar-refractivity contribution in [1.29, 1.82) is 0 Å². The minimum atomic E-state index is -4.37. The molecule has 0 amide bonds. The number of ether oxygens (including phenoxy) is 2. The van der Waals surface area contributed by atoms with Gasteiger partial charge in [0.25, 0.3) is 5.69 Å². The second kappa shape index (κ2) is 10.0. The van der Waals surface area contributed by atoms with Crippen molar-refractivity contribution < 1.29 is 32.4 Å². The van der Waals surface area contributed by atoms with Crippen LogP contribution in [0, 0.1) is 22.5 Å². The number of non-ortho nitro benzene ring substituents is 1. The molecule has 6 nitrogen and oxygen atoms in total. The molecule has 0 aliphatic heterocycles. The Morgan fingerprint density at radius 1 is 1.23 bits per heavy atom. The van der Waals surface area contributed by atoms with E-state index < -0.39 is 22.8 Å². The average Bonchev–Trinajstić information content (AvgIpc) is 2.68. The third-order valence-electron chi connectivity index (χ3n) is 3.78. The van der Waals surface area contributed by atoms with Crippen molar-refractivity contribution in [3.63, 3.8) is 0 Å². The molecule has 2 aromatic rings. The van der Waals surface area contributed by atoms with Crippen LogP contribution >= 0.6 is 11.8 Å². The molecule has 0 saturated carbocycles. The molecule has 0 radical (unpaired) electrons. The predicted octanol–water partition coefficient (Wildman–Crippen LogP) is 4.88. The number of nitro groups is 1. The second-order valence-corrected chi connectivity index (χ2v) is 6.97. The zero-order valence-corrected chi connectivity index (χ0v) is 16.5. The van der Waals surface area contributed by atoms with Crippen LogP contribution in [0.15, 0.2) is 36.4 Å². The minimum absolute atomic E-state index is 0.0355. The number of nitrogens with zero attached hydrogens (tertiary/aromatic N) is 1. The molecule has 0 aromatic heterocycles. The third kappa shape index (κ3) is 6.70. The van der Waals surface area contributed by atoms with E-state index in [2.05, 4.69) is 10.7 Å².